The molecule has 1 saturated heterocycles. The van der Waals surface area contributed by atoms with Crippen LogP contribution < -0.4 is 5.32 Å². The minimum absolute atomic E-state index is 0.147. The number of aryl methyl sites for hydroxylation is 2. The van der Waals surface area contributed by atoms with Crippen LogP contribution in [0.25, 0.3) is 0 Å². The minimum atomic E-state index is -3.75. The topological polar surface area (TPSA) is 66.5 Å². The Morgan fingerprint density at radius 1 is 1.12 bits per heavy atom. The SMILES string of the molecule is Cc1cccc(C)c1NC(=O)[C@@H]1CCCN1S(=O)(=O)c1ccc(Cl)cc1. The van der Waals surface area contributed by atoms with Gasteiger partial charge in [0, 0.05) is 17.3 Å². The van der Waals surface area contributed by atoms with E-state index in [9.17, 15) is 13.2 Å². The third-order valence-corrected chi connectivity index (χ3v) is 6.83. The number of carbonyl (C=O) groups is 1. The third kappa shape index (κ3) is 3.63. The van der Waals surface area contributed by atoms with Gasteiger partial charge in [-0.3, -0.25) is 4.79 Å². The van der Waals surface area contributed by atoms with Crippen molar-refractivity contribution >= 4 is 33.2 Å². The van der Waals surface area contributed by atoms with Gasteiger partial charge in [-0.1, -0.05) is 29.8 Å². The van der Waals surface area contributed by atoms with Gasteiger partial charge in [-0.25, -0.2) is 8.42 Å². The number of nitrogens with one attached hydrogen (secondary N) is 1. The van der Waals surface area contributed by atoms with Gasteiger partial charge in [0.2, 0.25) is 15.9 Å². The van der Waals surface area contributed by atoms with Crippen LogP contribution in [0.15, 0.2) is 47.4 Å². The van der Waals surface area contributed by atoms with Crippen LogP contribution in [0.3, 0.4) is 0 Å². The van der Waals surface area contributed by atoms with Gasteiger partial charge in [0.1, 0.15) is 6.04 Å². The first-order valence-electron chi connectivity index (χ1n) is 8.45. The quantitative estimate of drug-likeness (QED) is 0.861. The molecule has 0 unspecified atom stereocenters. The van der Waals surface area contributed by atoms with Crippen LogP contribution in [-0.4, -0.2) is 31.2 Å². The van der Waals surface area contributed by atoms with Crippen LogP contribution in [0, 0.1) is 13.8 Å². The highest BCUT2D eigenvalue weighted by Gasteiger charge is 2.39. The second-order valence-corrected chi connectivity index (χ2v) is 8.81. The fourth-order valence-corrected chi connectivity index (χ4v) is 5.03. The fourth-order valence-electron chi connectivity index (χ4n) is 3.25. The van der Waals surface area contributed by atoms with E-state index in [1.54, 1.807) is 0 Å². The summed E-state index contributed by atoms with van der Waals surface area (Å²) in [7, 11) is -3.75. The van der Waals surface area contributed by atoms with Crippen LogP contribution in [0.2, 0.25) is 5.02 Å². The van der Waals surface area contributed by atoms with Crippen LogP contribution in [0.1, 0.15) is 24.0 Å². The Kier molecular flexibility index (Phi) is 5.37. The van der Waals surface area contributed by atoms with Gasteiger partial charge in [0.05, 0.1) is 4.90 Å². The zero-order valence-electron chi connectivity index (χ0n) is 14.7. The summed E-state index contributed by atoms with van der Waals surface area (Å²) in [6, 6.07) is 11.1. The van der Waals surface area contributed by atoms with Gasteiger partial charge in [0.25, 0.3) is 0 Å². The maximum absolute atomic E-state index is 12.9. The monoisotopic (exact) mass is 392 g/mol. The van der Waals surface area contributed by atoms with E-state index in [4.69, 9.17) is 11.6 Å². The van der Waals surface area contributed by atoms with Crippen molar-refractivity contribution in [2.45, 2.75) is 37.6 Å². The number of hydrogen-bond donors (Lipinski definition) is 1. The third-order valence-electron chi connectivity index (χ3n) is 4.66. The maximum Gasteiger partial charge on any atom is 0.243 e. The van der Waals surface area contributed by atoms with Gasteiger partial charge in [-0.05, 0) is 62.1 Å². The first kappa shape index (κ1) is 18.9. The largest absolute Gasteiger partial charge is 0.324 e. The van der Waals surface area contributed by atoms with Crippen LogP contribution in [0.5, 0.6) is 0 Å². The molecule has 0 aromatic heterocycles. The molecule has 1 atom stereocenters. The van der Waals surface area contributed by atoms with Gasteiger partial charge in [-0.15, -0.1) is 0 Å². The van der Waals surface area contributed by atoms with E-state index in [0.29, 0.717) is 24.4 Å². The Balaban J connectivity index is 1.86. The number of amides is 1. The predicted molar refractivity (Wildman–Crippen MR) is 103 cm³/mol. The molecule has 2 aromatic carbocycles. The van der Waals surface area contributed by atoms with Crippen molar-refractivity contribution in [3.05, 3.63) is 58.6 Å². The predicted octanol–water partition coefficient (Wildman–Crippen LogP) is 3.75. The first-order valence-corrected chi connectivity index (χ1v) is 10.3. The van der Waals surface area contributed by atoms with E-state index < -0.39 is 16.1 Å². The molecule has 0 spiro atoms. The summed E-state index contributed by atoms with van der Waals surface area (Å²) in [5.41, 5.74) is 2.64. The molecular formula is C19H21ClN2O3S. The lowest BCUT2D eigenvalue weighted by molar-refractivity contribution is -0.119. The van der Waals surface area contributed by atoms with Crippen molar-refractivity contribution < 1.29 is 13.2 Å². The lowest BCUT2D eigenvalue weighted by atomic mass is 10.1. The number of sulfonamides is 1. The van der Waals surface area contributed by atoms with E-state index in [1.165, 1.54) is 28.6 Å². The Hall–Kier alpha value is -1.89. The summed E-state index contributed by atoms with van der Waals surface area (Å²) in [5, 5.41) is 3.38. The van der Waals surface area contributed by atoms with Crippen molar-refractivity contribution in [2.24, 2.45) is 0 Å². The Labute approximate surface area is 159 Å². The number of halogens is 1. The minimum Gasteiger partial charge on any atom is -0.324 e. The number of para-hydroxylation sites is 1. The molecule has 1 amide bonds. The van der Waals surface area contributed by atoms with Crippen LogP contribution in [0.4, 0.5) is 5.69 Å². The van der Waals surface area contributed by atoms with Crippen LogP contribution in [-0.2, 0) is 14.8 Å². The summed E-state index contributed by atoms with van der Waals surface area (Å²) in [6.45, 7) is 4.16. The zero-order valence-corrected chi connectivity index (χ0v) is 16.3. The molecule has 3 rings (SSSR count). The molecule has 1 aliphatic heterocycles. The molecular weight excluding hydrogens is 372 g/mol. The molecule has 1 N–H and O–H groups in total. The van der Waals surface area contributed by atoms with Crippen molar-refractivity contribution in [1.29, 1.82) is 0 Å². The Bertz CT molecular complexity index is 906. The molecule has 0 radical (unpaired) electrons. The standard InChI is InChI=1S/C19H21ClN2O3S/c1-13-5-3-6-14(2)18(13)21-19(23)17-7-4-12-22(17)26(24,25)16-10-8-15(20)9-11-16/h3,5-6,8-11,17H,4,7,12H2,1-2H3,(H,21,23)/t17-/m0/s1. The molecule has 138 valence electrons. The first-order chi connectivity index (χ1) is 12.3. The molecule has 7 heteroatoms. The Morgan fingerprint density at radius 3 is 2.35 bits per heavy atom. The normalized spacial score (nSPS) is 18.0. The van der Waals surface area contributed by atoms with Crippen molar-refractivity contribution in [1.82, 2.24) is 4.31 Å². The lowest BCUT2D eigenvalue weighted by Gasteiger charge is -2.24. The molecule has 26 heavy (non-hydrogen) atoms. The van der Waals surface area contributed by atoms with E-state index >= 15 is 0 Å². The number of rotatable bonds is 4. The van der Waals surface area contributed by atoms with Crippen molar-refractivity contribution in [2.75, 3.05) is 11.9 Å². The number of nitrogens with zero attached hydrogens (tertiary/aromatic N) is 1. The smallest absolute Gasteiger partial charge is 0.243 e. The average molecular weight is 393 g/mol. The number of benzene rings is 2. The molecule has 1 aliphatic rings. The molecule has 5 nitrogen and oxygen atoms in total. The summed E-state index contributed by atoms with van der Waals surface area (Å²) in [4.78, 5) is 13.0. The maximum atomic E-state index is 12.9. The number of carbonyl (C=O) groups excluding carboxylic acids is 1. The molecule has 1 heterocycles. The molecule has 0 bridgehead atoms. The number of hydrogen-bond acceptors (Lipinski definition) is 3. The Morgan fingerprint density at radius 2 is 1.73 bits per heavy atom. The van der Waals surface area contributed by atoms with Crippen LogP contribution >= 0.6 is 11.6 Å². The lowest BCUT2D eigenvalue weighted by Crippen LogP contribution is -2.43. The van der Waals surface area contributed by atoms with Crippen molar-refractivity contribution in [3.8, 4) is 0 Å². The fraction of sp³-hybridized carbons (Fsp3) is 0.316. The highest BCUT2D eigenvalue weighted by atomic mass is 35.5. The molecule has 2 aromatic rings. The highest BCUT2D eigenvalue weighted by Crippen LogP contribution is 2.28. The highest BCUT2D eigenvalue weighted by molar-refractivity contribution is 7.89. The van der Waals surface area contributed by atoms with E-state index in [-0.39, 0.29) is 10.8 Å². The zero-order chi connectivity index (χ0) is 18.9. The summed E-state index contributed by atoms with van der Waals surface area (Å²) in [5.74, 6) is -0.294. The summed E-state index contributed by atoms with van der Waals surface area (Å²) in [6.07, 6.45) is 1.15. The molecule has 0 saturated carbocycles. The van der Waals surface area contributed by atoms with E-state index in [1.807, 2.05) is 32.0 Å². The second kappa shape index (κ2) is 7.39. The molecule has 1 fully saturated rings. The van der Waals surface area contributed by atoms with Gasteiger partial charge in [-0.2, -0.15) is 4.31 Å². The van der Waals surface area contributed by atoms with E-state index in [2.05, 4.69) is 5.32 Å². The summed E-state index contributed by atoms with van der Waals surface area (Å²) < 4.78 is 27.2. The average Bonchev–Trinajstić information content (AvgIpc) is 3.09. The number of anilines is 1. The summed E-state index contributed by atoms with van der Waals surface area (Å²) >= 11 is 5.85. The van der Waals surface area contributed by atoms with Gasteiger partial charge in [0.15, 0.2) is 0 Å². The second-order valence-electron chi connectivity index (χ2n) is 6.48. The molecule has 0 aliphatic carbocycles. The van der Waals surface area contributed by atoms with Gasteiger partial charge >= 0.3 is 0 Å². The van der Waals surface area contributed by atoms with Gasteiger partial charge < -0.3 is 5.32 Å². The van der Waals surface area contributed by atoms with E-state index in [0.717, 1.165) is 16.8 Å². The van der Waals surface area contributed by atoms with Crippen molar-refractivity contribution in [3.63, 3.8) is 0 Å².